The Bertz CT molecular complexity index is 706. The van der Waals surface area contributed by atoms with Crippen molar-refractivity contribution >= 4 is 37.7 Å². The van der Waals surface area contributed by atoms with Crippen LogP contribution in [0.25, 0.3) is 0 Å². The first-order valence-corrected chi connectivity index (χ1v) is 8.23. The quantitative estimate of drug-likeness (QED) is 0.882. The molecule has 2 amide bonds. The lowest BCUT2D eigenvalue weighted by molar-refractivity contribution is 0.237. The second kappa shape index (κ2) is 5.21. The molecule has 0 unspecified atom stereocenters. The zero-order valence-corrected chi connectivity index (χ0v) is 13.8. The van der Waals surface area contributed by atoms with Gasteiger partial charge in [-0.3, -0.25) is 0 Å². The van der Waals surface area contributed by atoms with Gasteiger partial charge in [0.05, 0.1) is 12.2 Å². The minimum Gasteiger partial charge on any atom is -0.306 e. The first-order valence-electron chi connectivity index (χ1n) is 5.99. The molecule has 7 heteroatoms. The molecule has 1 aromatic rings. The van der Waals surface area contributed by atoms with Crippen molar-refractivity contribution in [2.45, 2.75) is 25.7 Å². The molecule has 1 aromatic carbocycles. The Morgan fingerprint density at radius 3 is 2.60 bits per heavy atom. The maximum Gasteiger partial charge on any atom is 0.336 e. The van der Waals surface area contributed by atoms with E-state index in [4.69, 9.17) is 0 Å². The number of nitrogens with one attached hydrogen (secondary N) is 1. The summed E-state index contributed by atoms with van der Waals surface area (Å²) in [5.41, 5.74) is 2.14. The highest BCUT2D eigenvalue weighted by Crippen LogP contribution is 2.32. The predicted octanol–water partition coefficient (Wildman–Crippen LogP) is 3.22. The van der Waals surface area contributed by atoms with Crippen LogP contribution >= 0.6 is 15.9 Å². The molecule has 1 aliphatic heterocycles. The number of benzene rings is 1. The number of anilines is 1. The van der Waals surface area contributed by atoms with Crippen LogP contribution in [0.5, 0.6) is 0 Å². The zero-order valence-electron chi connectivity index (χ0n) is 11.4. The molecule has 1 heterocycles. The molecule has 0 bridgehead atoms. The van der Waals surface area contributed by atoms with Crippen molar-refractivity contribution in [2.24, 2.45) is 0 Å². The Kier molecular flexibility index (Phi) is 3.93. The largest absolute Gasteiger partial charge is 0.336 e. The van der Waals surface area contributed by atoms with Crippen molar-refractivity contribution in [3.63, 3.8) is 0 Å². The van der Waals surface area contributed by atoms with E-state index in [1.807, 2.05) is 20.8 Å². The fourth-order valence-electron chi connectivity index (χ4n) is 1.81. The number of carbonyl (C=O) groups excluding carboxylic acids is 1. The van der Waals surface area contributed by atoms with Gasteiger partial charge in [0.1, 0.15) is 4.90 Å². The van der Waals surface area contributed by atoms with E-state index < -0.39 is 16.1 Å². The third kappa shape index (κ3) is 2.60. The highest BCUT2D eigenvalue weighted by Gasteiger charge is 2.36. The van der Waals surface area contributed by atoms with Crippen LogP contribution in [-0.2, 0) is 10.0 Å². The molecule has 1 aliphatic rings. The van der Waals surface area contributed by atoms with Crippen molar-refractivity contribution in [1.29, 1.82) is 0 Å². The summed E-state index contributed by atoms with van der Waals surface area (Å²) in [4.78, 5) is 12.2. The lowest BCUT2D eigenvalue weighted by atomic mass is 10.2. The smallest absolute Gasteiger partial charge is 0.306 e. The molecule has 0 fully saturated rings. The van der Waals surface area contributed by atoms with Crippen molar-refractivity contribution in [3.05, 3.63) is 33.8 Å². The molecule has 108 valence electrons. The topological polar surface area (TPSA) is 66.5 Å². The van der Waals surface area contributed by atoms with Gasteiger partial charge in [-0.1, -0.05) is 27.6 Å². The van der Waals surface area contributed by atoms with Crippen molar-refractivity contribution in [1.82, 2.24) is 4.31 Å². The van der Waals surface area contributed by atoms with Gasteiger partial charge >= 0.3 is 6.03 Å². The molecule has 0 aliphatic carbocycles. The molecule has 0 saturated carbocycles. The first-order chi connectivity index (χ1) is 9.23. The standard InChI is InChI=1S/C13H15BrN2O3S/c1-8(2)10(14)7-16-13(17)15-11-6-9(3)4-5-12(11)20(16,18)19/h4-6H,7H2,1-3H3,(H,15,17). The Balaban J connectivity index is 2.51. The summed E-state index contributed by atoms with van der Waals surface area (Å²) < 4.78 is 26.5. The number of sulfonamides is 1. The average molecular weight is 359 g/mol. The van der Waals surface area contributed by atoms with Crippen LogP contribution in [0.15, 0.2) is 33.2 Å². The number of rotatable bonds is 2. The molecule has 0 atom stereocenters. The van der Waals surface area contributed by atoms with Gasteiger partial charge in [0.15, 0.2) is 0 Å². The second-order valence-electron chi connectivity index (χ2n) is 4.85. The van der Waals surface area contributed by atoms with Crippen molar-refractivity contribution < 1.29 is 13.2 Å². The third-order valence-electron chi connectivity index (χ3n) is 3.00. The third-order valence-corrected chi connectivity index (χ3v) is 5.83. The minimum absolute atomic E-state index is 0.0101. The number of carbonyl (C=O) groups is 1. The van der Waals surface area contributed by atoms with E-state index in [0.717, 1.165) is 15.4 Å². The Hall–Kier alpha value is -1.34. The summed E-state index contributed by atoms with van der Waals surface area (Å²) >= 11 is 3.30. The summed E-state index contributed by atoms with van der Waals surface area (Å²) in [6.45, 7) is 5.51. The molecule has 0 aromatic heterocycles. The maximum atomic E-state index is 12.5. The fourth-order valence-corrected chi connectivity index (χ4v) is 3.66. The number of aryl methyl sites for hydroxylation is 1. The molecule has 0 radical (unpaired) electrons. The number of hydrogen-bond donors (Lipinski definition) is 1. The van der Waals surface area contributed by atoms with Crippen LogP contribution < -0.4 is 5.32 Å². The van der Waals surface area contributed by atoms with Crippen LogP contribution in [0.3, 0.4) is 0 Å². The molecular formula is C13H15BrN2O3S. The lowest BCUT2D eigenvalue weighted by Gasteiger charge is -2.29. The summed E-state index contributed by atoms with van der Waals surface area (Å²) in [5.74, 6) is 0. The van der Waals surface area contributed by atoms with E-state index in [0.29, 0.717) is 10.2 Å². The number of fused-ring (bicyclic) bond motifs is 1. The molecule has 2 rings (SSSR count). The number of allylic oxidation sites excluding steroid dienone is 1. The molecular weight excluding hydrogens is 344 g/mol. The molecule has 20 heavy (non-hydrogen) atoms. The maximum absolute atomic E-state index is 12.5. The highest BCUT2D eigenvalue weighted by molar-refractivity contribution is 9.11. The monoisotopic (exact) mass is 358 g/mol. The van der Waals surface area contributed by atoms with E-state index >= 15 is 0 Å². The van der Waals surface area contributed by atoms with Crippen molar-refractivity contribution in [3.8, 4) is 0 Å². The average Bonchev–Trinajstić information content (AvgIpc) is 2.33. The molecule has 5 nitrogen and oxygen atoms in total. The van der Waals surface area contributed by atoms with Gasteiger partial charge in [0.25, 0.3) is 10.0 Å². The Morgan fingerprint density at radius 2 is 2.00 bits per heavy atom. The van der Waals surface area contributed by atoms with Gasteiger partial charge in [-0.05, 0) is 38.5 Å². The molecule has 0 spiro atoms. The second-order valence-corrected chi connectivity index (χ2v) is 7.63. The first kappa shape index (κ1) is 15.1. The normalized spacial score (nSPS) is 16.4. The van der Waals surface area contributed by atoms with Crippen LogP contribution in [0.2, 0.25) is 0 Å². The van der Waals surface area contributed by atoms with Gasteiger partial charge in [0, 0.05) is 4.48 Å². The predicted molar refractivity (Wildman–Crippen MR) is 81.4 cm³/mol. The van der Waals surface area contributed by atoms with E-state index in [-0.39, 0.29) is 11.4 Å². The molecule has 1 N–H and O–H groups in total. The summed E-state index contributed by atoms with van der Waals surface area (Å²) in [6.07, 6.45) is 0. The number of halogens is 1. The highest BCUT2D eigenvalue weighted by atomic mass is 79.9. The van der Waals surface area contributed by atoms with Gasteiger partial charge in [0.2, 0.25) is 0 Å². The minimum atomic E-state index is -3.82. The van der Waals surface area contributed by atoms with Crippen LogP contribution in [0, 0.1) is 6.92 Å². The van der Waals surface area contributed by atoms with Gasteiger partial charge in [-0.2, -0.15) is 0 Å². The summed E-state index contributed by atoms with van der Waals surface area (Å²) in [6, 6.07) is 4.24. The van der Waals surface area contributed by atoms with Gasteiger partial charge < -0.3 is 5.32 Å². The van der Waals surface area contributed by atoms with Gasteiger partial charge in [-0.25, -0.2) is 17.5 Å². The number of nitrogens with zero attached hydrogens (tertiary/aromatic N) is 1. The Labute approximate surface area is 126 Å². The summed E-state index contributed by atoms with van der Waals surface area (Å²) in [5, 5.41) is 2.62. The van der Waals surface area contributed by atoms with Crippen molar-refractivity contribution in [2.75, 3.05) is 11.9 Å². The lowest BCUT2D eigenvalue weighted by Crippen LogP contribution is -2.44. The molecule has 0 saturated heterocycles. The Morgan fingerprint density at radius 1 is 1.35 bits per heavy atom. The van der Waals surface area contributed by atoms with Crippen LogP contribution in [-0.4, -0.2) is 25.3 Å². The van der Waals surface area contributed by atoms with E-state index in [1.54, 1.807) is 12.1 Å². The van der Waals surface area contributed by atoms with Gasteiger partial charge in [-0.15, -0.1) is 0 Å². The number of amides is 2. The van der Waals surface area contributed by atoms with Crippen LogP contribution in [0.4, 0.5) is 10.5 Å². The SMILES string of the molecule is CC(C)=C(Br)CN1C(=O)Nc2cc(C)ccc2S1(=O)=O. The summed E-state index contributed by atoms with van der Waals surface area (Å²) in [7, 11) is -3.82. The van der Waals surface area contributed by atoms with Crippen LogP contribution in [0.1, 0.15) is 19.4 Å². The van der Waals surface area contributed by atoms with E-state index in [9.17, 15) is 13.2 Å². The van der Waals surface area contributed by atoms with E-state index in [1.165, 1.54) is 6.07 Å². The number of urea groups is 1. The fraction of sp³-hybridized carbons (Fsp3) is 0.308. The van der Waals surface area contributed by atoms with E-state index in [2.05, 4.69) is 21.2 Å². The zero-order chi connectivity index (χ0) is 15.1. The number of hydrogen-bond acceptors (Lipinski definition) is 3.